The van der Waals surface area contributed by atoms with Crippen molar-refractivity contribution in [1.82, 2.24) is 0 Å². The molecule has 4 rings (SSSR count). The Kier molecular flexibility index (Phi) is 9.35. The van der Waals surface area contributed by atoms with Gasteiger partial charge in [-0.1, -0.05) is 108 Å². The number of aliphatic hydroxyl groups excluding tert-OH is 1. The summed E-state index contributed by atoms with van der Waals surface area (Å²) in [6.45, 7) is 2.43. The molecule has 2 N–H and O–H groups in total. The third-order valence-electron chi connectivity index (χ3n) is 5.92. The van der Waals surface area contributed by atoms with Crippen LogP contribution in [0.3, 0.4) is 0 Å². The summed E-state index contributed by atoms with van der Waals surface area (Å²) in [6, 6.07) is 36.0. The maximum absolute atomic E-state index is 11.0. The monoisotopic (exact) mass is 506 g/mol. The van der Waals surface area contributed by atoms with Crippen LogP contribution in [0, 0.1) is 0 Å². The molecule has 0 saturated carbocycles. The molecule has 0 unspecified atom stereocenters. The molecule has 35 heavy (non-hydrogen) atoms. The first-order valence-electron chi connectivity index (χ1n) is 11.8. The zero-order chi connectivity index (χ0) is 24.5. The van der Waals surface area contributed by atoms with E-state index in [-0.39, 0.29) is 12.7 Å². The molecule has 1 atom stereocenters. The van der Waals surface area contributed by atoms with Gasteiger partial charge in [-0.2, -0.15) is 0 Å². The molecule has 0 bridgehead atoms. The standard InChI is InChI=1S/C30H29Cl2NO2/c31-27-15-11-25(12-16-27)30(26-13-17-28(32)18-14-26)35-22-29(34)21-33(19-23-7-3-1-4-8-23)20-24-9-5-2-6-10-24/h1-18,29-30,34H,19-22H2/p+1/t29-/m0/s1. The summed E-state index contributed by atoms with van der Waals surface area (Å²) in [4.78, 5) is 1.27. The van der Waals surface area contributed by atoms with Gasteiger partial charge in [0.15, 0.2) is 0 Å². The van der Waals surface area contributed by atoms with Crippen molar-refractivity contribution in [2.24, 2.45) is 0 Å². The van der Waals surface area contributed by atoms with Gasteiger partial charge in [0, 0.05) is 21.2 Å². The predicted octanol–water partition coefficient (Wildman–Crippen LogP) is 5.75. The van der Waals surface area contributed by atoms with Gasteiger partial charge in [0.1, 0.15) is 31.8 Å². The van der Waals surface area contributed by atoms with Crippen LogP contribution in [0.2, 0.25) is 10.0 Å². The van der Waals surface area contributed by atoms with Crippen LogP contribution in [-0.2, 0) is 17.8 Å². The summed E-state index contributed by atoms with van der Waals surface area (Å²) < 4.78 is 6.31. The van der Waals surface area contributed by atoms with Crippen LogP contribution in [0.4, 0.5) is 0 Å². The van der Waals surface area contributed by atoms with Crippen molar-refractivity contribution >= 4 is 23.2 Å². The minimum atomic E-state index is -0.625. The molecule has 0 amide bonds. The Morgan fingerprint density at radius 2 is 1.06 bits per heavy atom. The largest absolute Gasteiger partial charge is 0.385 e. The number of ether oxygens (including phenoxy) is 1. The fourth-order valence-electron chi connectivity index (χ4n) is 4.24. The molecule has 0 radical (unpaired) electrons. The Morgan fingerprint density at radius 1 is 0.629 bits per heavy atom. The lowest BCUT2D eigenvalue weighted by Gasteiger charge is -2.25. The maximum Gasteiger partial charge on any atom is 0.126 e. The van der Waals surface area contributed by atoms with Crippen LogP contribution >= 0.6 is 23.2 Å². The Hall–Kier alpha value is -2.66. The predicted molar refractivity (Wildman–Crippen MR) is 143 cm³/mol. The van der Waals surface area contributed by atoms with Crippen LogP contribution in [0.25, 0.3) is 0 Å². The number of hydrogen-bond donors (Lipinski definition) is 2. The van der Waals surface area contributed by atoms with Gasteiger partial charge in [0.05, 0.1) is 6.61 Å². The normalized spacial score (nSPS) is 12.3. The molecule has 180 valence electrons. The highest BCUT2D eigenvalue weighted by Gasteiger charge is 2.21. The van der Waals surface area contributed by atoms with E-state index in [0.29, 0.717) is 16.6 Å². The summed E-state index contributed by atoms with van der Waals surface area (Å²) in [5, 5.41) is 12.4. The Bertz CT molecular complexity index is 1070. The topological polar surface area (TPSA) is 33.9 Å². The summed E-state index contributed by atoms with van der Waals surface area (Å²) in [7, 11) is 0. The van der Waals surface area contributed by atoms with Crippen LogP contribution in [-0.4, -0.2) is 24.4 Å². The molecule has 0 aliphatic carbocycles. The van der Waals surface area contributed by atoms with E-state index in [0.717, 1.165) is 24.2 Å². The van der Waals surface area contributed by atoms with Crippen LogP contribution in [0.1, 0.15) is 28.4 Å². The third-order valence-corrected chi connectivity index (χ3v) is 6.42. The van der Waals surface area contributed by atoms with E-state index in [1.807, 2.05) is 60.7 Å². The van der Waals surface area contributed by atoms with Gasteiger partial charge < -0.3 is 14.7 Å². The fourth-order valence-corrected chi connectivity index (χ4v) is 4.49. The Labute approximate surface area is 217 Å². The smallest absolute Gasteiger partial charge is 0.126 e. The first-order valence-corrected chi connectivity index (χ1v) is 12.5. The first-order chi connectivity index (χ1) is 17.1. The van der Waals surface area contributed by atoms with E-state index in [9.17, 15) is 5.11 Å². The average molecular weight is 507 g/mol. The van der Waals surface area contributed by atoms with Gasteiger partial charge in [-0.3, -0.25) is 0 Å². The second-order valence-electron chi connectivity index (χ2n) is 8.75. The molecule has 0 fully saturated rings. The van der Waals surface area contributed by atoms with Gasteiger partial charge in [0.25, 0.3) is 0 Å². The van der Waals surface area contributed by atoms with Crippen LogP contribution < -0.4 is 4.90 Å². The maximum atomic E-state index is 11.0. The van der Waals surface area contributed by atoms with Crippen molar-refractivity contribution in [3.05, 3.63) is 141 Å². The SMILES string of the molecule is O[C@H](COC(c1ccc(Cl)cc1)c1ccc(Cl)cc1)C[NH+](Cc1ccccc1)Cc1ccccc1. The molecule has 0 aromatic heterocycles. The highest BCUT2D eigenvalue weighted by Crippen LogP contribution is 2.28. The fraction of sp³-hybridized carbons (Fsp3) is 0.200. The van der Waals surface area contributed by atoms with Crippen LogP contribution in [0.5, 0.6) is 0 Å². The molecule has 0 heterocycles. The lowest BCUT2D eigenvalue weighted by atomic mass is 10.0. The average Bonchev–Trinajstić information content (AvgIpc) is 2.87. The Balaban J connectivity index is 1.46. The molecule has 0 saturated heterocycles. The van der Waals surface area contributed by atoms with E-state index in [1.165, 1.54) is 16.0 Å². The Morgan fingerprint density at radius 3 is 1.49 bits per heavy atom. The molecule has 3 nitrogen and oxygen atoms in total. The third kappa shape index (κ3) is 7.93. The molecule has 0 aliphatic rings. The highest BCUT2D eigenvalue weighted by atomic mass is 35.5. The highest BCUT2D eigenvalue weighted by molar-refractivity contribution is 6.30. The first kappa shape index (κ1) is 25.4. The van der Waals surface area contributed by atoms with E-state index in [4.69, 9.17) is 27.9 Å². The number of benzene rings is 4. The molecule has 5 heteroatoms. The van der Waals surface area contributed by atoms with Crippen LogP contribution in [0.15, 0.2) is 109 Å². The molecular formula is C30H30Cl2NO2+. The van der Waals surface area contributed by atoms with Gasteiger partial charge in [-0.25, -0.2) is 0 Å². The number of nitrogens with one attached hydrogen (secondary N) is 1. The molecule has 4 aromatic carbocycles. The summed E-state index contributed by atoms with van der Waals surface area (Å²) in [5.41, 5.74) is 4.43. The minimum Gasteiger partial charge on any atom is -0.385 e. The van der Waals surface area contributed by atoms with E-state index in [2.05, 4.69) is 48.5 Å². The number of hydrogen-bond acceptors (Lipinski definition) is 2. The molecular weight excluding hydrogens is 477 g/mol. The molecule has 4 aromatic rings. The van der Waals surface area contributed by atoms with Crippen molar-refractivity contribution in [1.29, 1.82) is 0 Å². The van der Waals surface area contributed by atoms with Crippen molar-refractivity contribution in [3.8, 4) is 0 Å². The van der Waals surface area contributed by atoms with Gasteiger partial charge in [0.2, 0.25) is 0 Å². The zero-order valence-electron chi connectivity index (χ0n) is 19.5. The molecule has 0 aliphatic heterocycles. The number of aliphatic hydroxyl groups is 1. The zero-order valence-corrected chi connectivity index (χ0v) is 21.0. The minimum absolute atomic E-state index is 0.211. The van der Waals surface area contributed by atoms with E-state index >= 15 is 0 Å². The van der Waals surface area contributed by atoms with Gasteiger partial charge in [-0.05, 0) is 35.4 Å². The lowest BCUT2D eigenvalue weighted by molar-refractivity contribution is -0.930. The molecule has 0 spiro atoms. The number of quaternary nitrogens is 1. The summed E-state index contributed by atoms with van der Waals surface area (Å²) in [5.74, 6) is 0. The van der Waals surface area contributed by atoms with Gasteiger partial charge >= 0.3 is 0 Å². The van der Waals surface area contributed by atoms with Gasteiger partial charge in [-0.15, -0.1) is 0 Å². The number of rotatable bonds is 11. The second-order valence-corrected chi connectivity index (χ2v) is 9.62. The second kappa shape index (κ2) is 12.9. The van der Waals surface area contributed by atoms with Crippen molar-refractivity contribution in [2.45, 2.75) is 25.3 Å². The van der Waals surface area contributed by atoms with Crippen molar-refractivity contribution < 1.29 is 14.7 Å². The van der Waals surface area contributed by atoms with Crippen molar-refractivity contribution in [2.75, 3.05) is 13.2 Å². The number of halogens is 2. The van der Waals surface area contributed by atoms with E-state index < -0.39 is 6.10 Å². The summed E-state index contributed by atoms with van der Waals surface area (Å²) in [6.07, 6.45) is -0.953. The summed E-state index contributed by atoms with van der Waals surface area (Å²) >= 11 is 12.2. The van der Waals surface area contributed by atoms with Crippen molar-refractivity contribution in [3.63, 3.8) is 0 Å². The van der Waals surface area contributed by atoms with E-state index in [1.54, 1.807) is 0 Å². The lowest BCUT2D eigenvalue weighted by Crippen LogP contribution is -3.10. The quantitative estimate of drug-likeness (QED) is 0.271.